The number of methoxy groups -OCH3 is 1. The van der Waals surface area contributed by atoms with Crippen molar-refractivity contribution < 1.29 is 14.3 Å². The maximum Gasteiger partial charge on any atom is 0.265 e. The lowest BCUT2D eigenvalue weighted by Crippen LogP contribution is -2.15. The van der Waals surface area contributed by atoms with E-state index in [1.165, 1.54) is 7.11 Å². The lowest BCUT2D eigenvalue weighted by atomic mass is 10.7. The Morgan fingerprint density at radius 1 is 1.60 bits per heavy atom. The van der Waals surface area contributed by atoms with Crippen LogP contribution in [0.4, 0.5) is 0 Å². The first-order valence-electron chi connectivity index (χ1n) is 2.62. The molecule has 0 saturated heterocycles. The molecule has 0 radical (unpaired) electrons. The number of hydrogen-bond acceptors (Lipinski definition) is 3. The lowest BCUT2D eigenvalue weighted by Gasteiger charge is -2.04. The predicted octanol–water partition coefficient (Wildman–Crippen LogP) is 0.980. The van der Waals surface area contributed by atoms with E-state index in [4.69, 9.17) is 27.9 Å². The smallest absolute Gasteiger partial charge is 0.265 e. The first-order valence-corrected chi connectivity index (χ1v) is 3.44. The molecule has 0 spiro atoms. The summed E-state index contributed by atoms with van der Waals surface area (Å²) in [5.74, 6) is 0. The van der Waals surface area contributed by atoms with Crippen molar-refractivity contribution in [3.63, 3.8) is 0 Å². The first kappa shape index (κ1) is 10.2. The van der Waals surface area contributed by atoms with Crippen LogP contribution in [-0.4, -0.2) is 31.1 Å². The van der Waals surface area contributed by atoms with Crippen LogP contribution in [0.25, 0.3) is 0 Å². The molecule has 0 aromatic heterocycles. The summed E-state index contributed by atoms with van der Waals surface area (Å²) < 4.78 is 9.34. The van der Waals surface area contributed by atoms with Gasteiger partial charge in [0.1, 0.15) is 0 Å². The van der Waals surface area contributed by atoms with E-state index < -0.39 is 10.8 Å². The van der Waals surface area contributed by atoms with E-state index in [-0.39, 0.29) is 6.61 Å². The second kappa shape index (κ2) is 5.92. The van der Waals surface area contributed by atoms with Gasteiger partial charge in [0.2, 0.25) is 5.56 Å². The average molecular weight is 187 g/mol. The van der Waals surface area contributed by atoms with Gasteiger partial charge in [-0.1, -0.05) is 11.6 Å². The fourth-order valence-electron chi connectivity index (χ4n) is 0.300. The van der Waals surface area contributed by atoms with Crippen molar-refractivity contribution in [3.8, 4) is 0 Å². The van der Waals surface area contributed by atoms with Crippen LogP contribution in [0.2, 0.25) is 0 Å². The Morgan fingerprint density at radius 2 is 2.20 bits per heavy atom. The summed E-state index contributed by atoms with van der Waals surface area (Å²) in [6, 6.07) is 0. The largest absolute Gasteiger partial charge is 0.382 e. The Labute approximate surface area is 69.2 Å². The Kier molecular flexibility index (Phi) is 6.02. The van der Waals surface area contributed by atoms with Gasteiger partial charge in [0.15, 0.2) is 0 Å². The second-order valence-corrected chi connectivity index (χ2v) is 2.25. The molecule has 1 unspecified atom stereocenters. The van der Waals surface area contributed by atoms with Gasteiger partial charge in [-0.2, -0.15) is 0 Å². The van der Waals surface area contributed by atoms with E-state index in [0.29, 0.717) is 6.61 Å². The molecule has 3 nitrogen and oxygen atoms in total. The molecule has 0 aliphatic rings. The fraction of sp³-hybridized carbons (Fsp3) is 0.800. The maximum atomic E-state index is 10.2. The molecule has 60 valence electrons. The van der Waals surface area contributed by atoms with Crippen LogP contribution in [0.5, 0.6) is 0 Å². The third kappa shape index (κ3) is 4.99. The van der Waals surface area contributed by atoms with Gasteiger partial charge in [-0.05, 0) is 11.6 Å². The van der Waals surface area contributed by atoms with Crippen LogP contribution in [0.15, 0.2) is 0 Å². The molecule has 0 saturated carbocycles. The Hall–Kier alpha value is 0.170. The monoisotopic (exact) mass is 186 g/mol. The minimum atomic E-state index is -1.06. The molecule has 5 heteroatoms. The molecule has 0 heterocycles. The van der Waals surface area contributed by atoms with Crippen LogP contribution >= 0.6 is 23.2 Å². The van der Waals surface area contributed by atoms with Gasteiger partial charge in [-0.3, -0.25) is 4.79 Å². The van der Waals surface area contributed by atoms with Gasteiger partial charge >= 0.3 is 0 Å². The zero-order valence-corrected chi connectivity index (χ0v) is 6.98. The molecule has 0 N–H and O–H groups in total. The highest BCUT2D eigenvalue weighted by atomic mass is 35.5. The molecular weight excluding hydrogens is 179 g/mol. The SMILES string of the molecule is COCCOC(Cl)C(=O)Cl. The molecule has 10 heavy (non-hydrogen) atoms. The number of rotatable bonds is 5. The lowest BCUT2D eigenvalue weighted by molar-refractivity contribution is -0.118. The van der Waals surface area contributed by atoms with Gasteiger partial charge in [0.25, 0.3) is 5.24 Å². The highest BCUT2D eigenvalue weighted by molar-refractivity contribution is 6.68. The van der Waals surface area contributed by atoms with Crippen LogP contribution in [0.1, 0.15) is 0 Å². The van der Waals surface area contributed by atoms with Gasteiger partial charge < -0.3 is 9.47 Å². The molecule has 1 atom stereocenters. The molecule has 0 amide bonds. The molecule has 0 bridgehead atoms. The Morgan fingerprint density at radius 3 is 2.60 bits per heavy atom. The highest BCUT2D eigenvalue weighted by Crippen LogP contribution is 2.02. The van der Waals surface area contributed by atoms with Crippen molar-refractivity contribution in [2.75, 3.05) is 20.3 Å². The zero-order chi connectivity index (χ0) is 7.98. The minimum Gasteiger partial charge on any atom is -0.382 e. The van der Waals surface area contributed by atoms with Gasteiger partial charge in [0, 0.05) is 7.11 Å². The van der Waals surface area contributed by atoms with Crippen molar-refractivity contribution in [2.45, 2.75) is 5.56 Å². The van der Waals surface area contributed by atoms with E-state index in [2.05, 4.69) is 4.74 Å². The number of ether oxygens (including phenoxy) is 2. The standard InChI is InChI=1S/C5H8Cl2O3/c1-9-2-3-10-5(7)4(6)8/h5H,2-3H2,1H3. The quantitative estimate of drug-likeness (QED) is 0.365. The number of hydrogen-bond donors (Lipinski definition) is 0. The molecule has 0 aromatic rings. The van der Waals surface area contributed by atoms with E-state index in [1.807, 2.05) is 0 Å². The second-order valence-electron chi connectivity index (χ2n) is 1.48. The minimum absolute atomic E-state index is 0.267. The normalized spacial score (nSPS) is 13.1. The summed E-state index contributed by atoms with van der Waals surface area (Å²) in [6.45, 7) is 0.663. The topological polar surface area (TPSA) is 35.5 Å². The average Bonchev–Trinajstić information content (AvgIpc) is 1.88. The number of carbonyl (C=O) groups is 1. The third-order valence-corrected chi connectivity index (χ3v) is 1.36. The summed E-state index contributed by atoms with van der Waals surface area (Å²) in [5.41, 5.74) is -1.06. The summed E-state index contributed by atoms with van der Waals surface area (Å²) in [4.78, 5) is 10.2. The number of halogens is 2. The zero-order valence-electron chi connectivity index (χ0n) is 5.47. The third-order valence-electron chi connectivity index (χ3n) is 0.730. The summed E-state index contributed by atoms with van der Waals surface area (Å²) in [6.07, 6.45) is 0. The van der Waals surface area contributed by atoms with Crippen LogP contribution in [-0.2, 0) is 14.3 Å². The van der Waals surface area contributed by atoms with Gasteiger partial charge in [-0.25, -0.2) is 0 Å². The summed E-state index contributed by atoms with van der Waals surface area (Å²) in [5, 5.41) is -0.710. The first-order chi connectivity index (χ1) is 4.68. The fourth-order valence-corrected chi connectivity index (χ4v) is 0.453. The molecule has 0 rings (SSSR count). The van der Waals surface area contributed by atoms with E-state index in [0.717, 1.165) is 0 Å². The predicted molar refractivity (Wildman–Crippen MR) is 38.3 cm³/mol. The van der Waals surface area contributed by atoms with Crippen LogP contribution in [0.3, 0.4) is 0 Å². The van der Waals surface area contributed by atoms with E-state index >= 15 is 0 Å². The van der Waals surface area contributed by atoms with Crippen LogP contribution in [0, 0.1) is 0 Å². The van der Waals surface area contributed by atoms with Crippen LogP contribution < -0.4 is 0 Å². The van der Waals surface area contributed by atoms with Crippen molar-refractivity contribution in [1.29, 1.82) is 0 Å². The molecule has 0 fully saturated rings. The van der Waals surface area contributed by atoms with E-state index in [1.54, 1.807) is 0 Å². The maximum absolute atomic E-state index is 10.2. The molecule has 0 aliphatic heterocycles. The highest BCUT2D eigenvalue weighted by Gasteiger charge is 2.11. The van der Waals surface area contributed by atoms with Gasteiger partial charge in [-0.15, -0.1) is 0 Å². The van der Waals surface area contributed by atoms with Crippen molar-refractivity contribution in [3.05, 3.63) is 0 Å². The number of alkyl halides is 1. The van der Waals surface area contributed by atoms with Crippen molar-refractivity contribution in [2.24, 2.45) is 0 Å². The molecule has 0 aromatic carbocycles. The number of carbonyl (C=O) groups excluding carboxylic acids is 1. The van der Waals surface area contributed by atoms with Gasteiger partial charge in [0.05, 0.1) is 13.2 Å². The van der Waals surface area contributed by atoms with Crippen molar-refractivity contribution in [1.82, 2.24) is 0 Å². The van der Waals surface area contributed by atoms with E-state index in [9.17, 15) is 4.79 Å². The Balaban J connectivity index is 3.21. The molecule has 0 aliphatic carbocycles. The summed E-state index contributed by atoms with van der Waals surface area (Å²) in [7, 11) is 1.52. The molecular formula is C5H8Cl2O3. The van der Waals surface area contributed by atoms with Crippen molar-refractivity contribution >= 4 is 28.4 Å². The summed E-state index contributed by atoms with van der Waals surface area (Å²) >= 11 is 10.3. The Bertz CT molecular complexity index is 107.